The summed E-state index contributed by atoms with van der Waals surface area (Å²) in [5.41, 5.74) is 4.97. The maximum Gasteiger partial charge on any atom is 0.233 e. The van der Waals surface area contributed by atoms with Gasteiger partial charge in [0.15, 0.2) is 9.84 Å². The fourth-order valence-electron chi connectivity index (χ4n) is 2.80. The lowest BCUT2D eigenvalue weighted by molar-refractivity contribution is -0.127. The highest BCUT2D eigenvalue weighted by atomic mass is 32.2. The van der Waals surface area contributed by atoms with Crippen LogP contribution in [0.4, 0.5) is 0 Å². The fraction of sp³-hybridized carbons (Fsp3) is 0.818. The standard InChI is InChI=1S/C11H18N2O3S2/c12-9(17)11(4-1-2-5-11)10(14)13-8-3-6-18(15,16)7-8/h8H,1-7H2,(H2,12,17)(H,13,14). The first-order chi connectivity index (χ1) is 8.36. The van der Waals surface area contributed by atoms with Crippen LogP contribution >= 0.6 is 12.2 Å². The van der Waals surface area contributed by atoms with Crippen molar-refractivity contribution in [2.45, 2.75) is 38.1 Å². The molecule has 0 radical (unpaired) electrons. The second-order valence-electron chi connectivity index (χ2n) is 5.23. The average Bonchev–Trinajstić information content (AvgIpc) is 2.85. The SMILES string of the molecule is NC(=S)C1(C(=O)NC2CCS(=O)(=O)C2)CCCC1. The van der Waals surface area contributed by atoms with Gasteiger partial charge in [0, 0.05) is 6.04 Å². The van der Waals surface area contributed by atoms with E-state index in [1.807, 2.05) is 0 Å². The molecule has 0 aromatic heterocycles. The van der Waals surface area contributed by atoms with Crippen molar-refractivity contribution in [3.8, 4) is 0 Å². The lowest BCUT2D eigenvalue weighted by atomic mass is 9.85. The number of carbonyl (C=O) groups excluding carboxylic acids is 1. The smallest absolute Gasteiger partial charge is 0.233 e. The number of rotatable bonds is 3. The number of nitrogens with one attached hydrogen (secondary N) is 1. The van der Waals surface area contributed by atoms with Crippen molar-refractivity contribution in [3.05, 3.63) is 0 Å². The molecule has 3 N–H and O–H groups in total. The van der Waals surface area contributed by atoms with E-state index >= 15 is 0 Å². The molecule has 2 aliphatic rings. The topological polar surface area (TPSA) is 89.3 Å². The molecule has 1 saturated heterocycles. The van der Waals surface area contributed by atoms with Crippen molar-refractivity contribution in [1.29, 1.82) is 0 Å². The van der Waals surface area contributed by atoms with E-state index in [0.717, 1.165) is 12.8 Å². The monoisotopic (exact) mass is 290 g/mol. The lowest BCUT2D eigenvalue weighted by Crippen LogP contribution is -2.50. The van der Waals surface area contributed by atoms with Crippen LogP contribution < -0.4 is 11.1 Å². The van der Waals surface area contributed by atoms with Gasteiger partial charge in [0.05, 0.1) is 21.9 Å². The van der Waals surface area contributed by atoms with Crippen molar-refractivity contribution in [2.75, 3.05) is 11.5 Å². The van der Waals surface area contributed by atoms with Gasteiger partial charge < -0.3 is 11.1 Å². The van der Waals surface area contributed by atoms with Crippen LogP contribution in [0.2, 0.25) is 0 Å². The summed E-state index contributed by atoms with van der Waals surface area (Å²) in [7, 11) is -2.98. The van der Waals surface area contributed by atoms with Gasteiger partial charge in [-0.15, -0.1) is 0 Å². The highest BCUT2D eigenvalue weighted by Crippen LogP contribution is 2.39. The molecule has 1 amide bonds. The Morgan fingerprint density at radius 3 is 2.39 bits per heavy atom. The molecule has 2 fully saturated rings. The highest BCUT2D eigenvalue weighted by molar-refractivity contribution is 7.91. The average molecular weight is 290 g/mol. The number of carbonyl (C=O) groups is 1. The van der Waals surface area contributed by atoms with Crippen molar-refractivity contribution in [3.63, 3.8) is 0 Å². The Hall–Kier alpha value is -0.690. The molecule has 1 aliphatic carbocycles. The third kappa shape index (κ3) is 2.51. The summed E-state index contributed by atoms with van der Waals surface area (Å²) in [5.74, 6) is -0.000862. The number of amides is 1. The summed E-state index contributed by atoms with van der Waals surface area (Å²) in [6.07, 6.45) is 3.71. The van der Waals surface area contributed by atoms with E-state index < -0.39 is 15.3 Å². The minimum Gasteiger partial charge on any atom is -0.392 e. The first kappa shape index (κ1) is 13.7. The molecule has 1 heterocycles. The molecule has 1 atom stereocenters. The zero-order chi connectivity index (χ0) is 13.4. The molecular formula is C11H18N2O3S2. The number of nitrogens with two attached hydrogens (primary N) is 1. The summed E-state index contributed by atoms with van der Waals surface area (Å²) in [6, 6.07) is -0.283. The third-order valence-electron chi connectivity index (χ3n) is 3.93. The van der Waals surface area contributed by atoms with Crippen LogP contribution in [-0.2, 0) is 14.6 Å². The fourth-order valence-corrected chi connectivity index (χ4v) is 4.77. The molecular weight excluding hydrogens is 272 g/mol. The molecule has 0 bridgehead atoms. The normalized spacial score (nSPS) is 29.0. The number of hydrogen-bond acceptors (Lipinski definition) is 4. The zero-order valence-corrected chi connectivity index (χ0v) is 11.8. The number of thiocarbonyl (C=S) groups is 1. The Bertz CT molecular complexity index is 467. The number of hydrogen-bond donors (Lipinski definition) is 2. The Morgan fingerprint density at radius 2 is 1.94 bits per heavy atom. The van der Waals surface area contributed by atoms with Gasteiger partial charge in [-0.05, 0) is 19.3 Å². The van der Waals surface area contributed by atoms with Crippen molar-refractivity contribution in [2.24, 2.45) is 11.1 Å². The summed E-state index contributed by atoms with van der Waals surface area (Å²) >= 11 is 5.03. The largest absolute Gasteiger partial charge is 0.392 e. The van der Waals surface area contributed by atoms with Crippen molar-refractivity contribution < 1.29 is 13.2 Å². The van der Waals surface area contributed by atoms with Gasteiger partial charge in [-0.25, -0.2) is 8.42 Å². The molecule has 0 spiro atoms. The first-order valence-electron chi connectivity index (χ1n) is 6.17. The van der Waals surface area contributed by atoms with Gasteiger partial charge in [-0.3, -0.25) is 4.79 Å². The summed E-state index contributed by atoms with van der Waals surface area (Å²) in [6.45, 7) is 0. The second kappa shape index (κ2) is 4.77. The minimum atomic E-state index is -2.98. The molecule has 1 saturated carbocycles. The molecule has 0 aromatic rings. The lowest BCUT2D eigenvalue weighted by Gasteiger charge is -2.27. The van der Waals surface area contributed by atoms with Crippen LogP contribution in [0.15, 0.2) is 0 Å². The van der Waals surface area contributed by atoms with Crippen molar-refractivity contribution >= 4 is 33.0 Å². The van der Waals surface area contributed by atoms with Gasteiger partial charge in [0.25, 0.3) is 0 Å². The summed E-state index contributed by atoms with van der Waals surface area (Å²) < 4.78 is 22.7. The van der Waals surface area contributed by atoms with E-state index in [-0.39, 0.29) is 28.4 Å². The molecule has 18 heavy (non-hydrogen) atoms. The summed E-state index contributed by atoms with van der Waals surface area (Å²) in [4.78, 5) is 12.5. The maximum absolute atomic E-state index is 12.3. The number of sulfone groups is 1. The van der Waals surface area contributed by atoms with Gasteiger partial charge in [0.1, 0.15) is 0 Å². The van der Waals surface area contributed by atoms with Crippen LogP contribution in [-0.4, -0.2) is 36.9 Å². The van der Waals surface area contributed by atoms with Gasteiger partial charge in [0.2, 0.25) is 5.91 Å². The van der Waals surface area contributed by atoms with E-state index in [0.29, 0.717) is 19.3 Å². The molecule has 1 aliphatic heterocycles. The predicted octanol–water partition coefficient (Wildman–Crippen LogP) is 0.136. The molecule has 2 rings (SSSR count). The van der Waals surface area contributed by atoms with E-state index in [2.05, 4.69) is 5.32 Å². The zero-order valence-electron chi connectivity index (χ0n) is 10.1. The molecule has 5 nitrogen and oxygen atoms in total. The van der Waals surface area contributed by atoms with Crippen molar-refractivity contribution in [1.82, 2.24) is 5.32 Å². The van der Waals surface area contributed by atoms with E-state index in [1.54, 1.807) is 0 Å². The Labute approximate surface area is 112 Å². The van der Waals surface area contributed by atoms with Gasteiger partial charge in [-0.1, -0.05) is 25.1 Å². The van der Waals surface area contributed by atoms with E-state index in [4.69, 9.17) is 18.0 Å². The first-order valence-corrected chi connectivity index (χ1v) is 8.40. The second-order valence-corrected chi connectivity index (χ2v) is 7.90. The minimum absolute atomic E-state index is 0.0339. The quantitative estimate of drug-likeness (QED) is 0.722. The highest BCUT2D eigenvalue weighted by Gasteiger charge is 2.45. The van der Waals surface area contributed by atoms with Crippen LogP contribution in [0.3, 0.4) is 0 Å². The van der Waals surface area contributed by atoms with Crippen LogP contribution in [0.1, 0.15) is 32.1 Å². The van der Waals surface area contributed by atoms with Crippen LogP contribution in [0.25, 0.3) is 0 Å². The molecule has 7 heteroatoms. The van der Waals surface area contributed by atoms with E-state index in [9.17, 15) is 13.2 Å². The molecule has 1 unspecified atom stereocenters. The summed E-state index contributed by atoms with van der Waals surface area (Å²) in [5, 5.41) is 2.81. The predicted molar refractivity (Wildman–Crippen MR) is 72.9 cm³/mol. The van der Waals surface area contributed by atoms with Crippen LogP contribution in [0.5, 0.6) is 0 Å². The maximum atomic E-state index is 12.3. The Kier molecular flexibility index (Phi) is 3.64. The third-order valence-corrected chi connectivity index (χ3v) is 6.09. The van der Waals surface area contributed by atoms with E-state index in [1.165, 1.54) is 0 Å². The molecule has 102 valence electrons. The Balaban J connectivity index is 2.05. The van der Waals surface area contributed by atoms with Crippen LogP contribution in [0, 0.1) is 5.41 Å². The molecule has 0 aromatic carbocycles. The Morgan fingerprint density at radius 1 is 1.33 bits per heavy atom. The van der Waals surface area contributed by atoms with Gasteiger partial charge >= 0.3 is 0 Å². The van der Waals surface area contributed by atoms with Gasteiger partial charge in [-0.2, -0.15) is 0 Å².